The number of carbonyl (C=O) groups is 1. The zero-order valence-electron chi connectivity index (χ0n) is 14.9. The predicted octanol–water partition coefficient (Wildman–Crippen LogP) is 1.61. The Hall–Kier alpha value is -1.76. The van der Waals surface area contributed by atoms with E-state index in [4.69, 9.17) is 0 Å². The summed E-state index contributed by atoms with van der Waals surface area (Å²) in [7, 11) is 0. The minimum absolute atomic E-state index is 0.0209. The van der Waals surface area contributed by atoms with Crippen LogP contribution < -0.4 is 15.5 Å². The second kappa shape index (κ2) is 9.52. The maximum atomic E-state index is 11.6. The highest BCUT2D eigenvalue weighted by Crippen LogP contribution is 2.22. The molecule has 1 aromatic rings. The molecule has 0 saturated carbocycles. The molecule has 7 heteroatoms. The van der Waals surface area contributed by atoms with Crippen molar-refractivity contribution in [3.05, 3.63) is 17.5 Å². The van der Waals surface area contributed by atoms with Crippen molar-refractivity contribution in [2.45, 2.75) is 20.8 Å². The molecule has 24 heavy (non-hydrogen) atoms. The second-order valence-electron chi connectivity index (χ2n) is 6.11. The predicted molar refractivity (Wildman–Crippen MR) is 102 cm³/mol. The molecule has 1 aromatic heterocycles. The molecule has 0 unspecified atom stereocenters. The Labute approximate surface area is 148 Å². The second-order valence-corrected chi connectivity index (χ2v) is 7.03. The number of rotatable bonds is 6. The van der Waals surface area contributed by atoms with Crippen LogP contribution in [0.3, 0.4) is 0 Å². The number of nitrogens with zero attached hydrogens (tertiary/aromatic N) is 3. The van der Waals surface area contributed by atoms with Crippen LogP contribution in [0.2, 0.25) is 0 Å². The SMILES string of the molecule is CCNC(=NCCNC(=O)C(C)C)N1CCN(c2cccs2)CC1. The Kier molecular flexibility index (Phi) is 7.36. The summed E-state index contributed by atoms with van der Waals surface area (Å²) in [5, 5.41) is 9.73. The van der Waals surface area contributed by atoms with Crippen LogP contribution in [0.1, 0.15) is 20.8 Å². The van der Waals surface area contributed by atoms with Gasteiger partial charge in [-0.15, -0.1) is 11.3 Å². The van der Waals surface area contributed by atoms with Crippen molar-refractivity contribution in [1.29, 1.82) is 0 Å². The molecule has 0 aliphatic carbocycles. The molecule has 2 rings (SSSR count). The third kappa shape index (κ3) is 5.40. The van der Waals surface area contributed by atoms with Gasteiger partial charge in [-0.1, -0.05) is 13.8 Å². The quantitative estimate of drug-likeness (QED) is 0.464. The first-order valence-corrected chi connectivity index (χ1v) is 9.59. The number of hydrogen-bond donors (Lipinski definition) is 2. The van der Waals surface area contributed by atoms with E-state index in [0.29, 0.717) is 13.1 Å². The summed E-state index contributed by atoms with van der Waals surface area (Å²) < 4.78 is 0. The van der Waals surface area contributed by atoms with Gasteiger partial charge >= 0.3 is 0 Å². The van der Waals surface area contributed by atoms with Crippen molar-refractivity contribution in [3.8, 4) is 0 Å². The van der Waals surface area contributed by atoms with Crippen molar-refractivity contribution in [1.82, 2.24) is 15.5 Å². The smallest absolute Gasteiger partial charge is 0.222 e. The Bertz CT molecular complexity index is 521. The molecule has 0 spiro atoms. The van der Waals surface area contributed by atoms with E-state index in [9.17, 15) is 4.79 Å². The van der Waals surface area contributed by atoms with Gasteiger partial charge in [0.15, 0.2) is 5.96 Å². The highest BCUT2D eigenvalue weighted by molar-refractivity contribution is 7.14. The van der Waals surface area contributed by atoms with Gasteiger partial charge in [-0.05, 0) is 24.4 Å². The molecule has 2 heterocycles. The fourth-order valence-electron chi connectivity index (χ4n) is 2.56. The van der Waals surface area contributed by atoms with E-state index in [1.165, 1.54) is 5.00 Å². The van der Waals surface area contributed by atoms with E-state index in [2.05, 4.69) is 49.9 Å². The molecule has 0 atom stereocenters. The van der Waals surface area contributed by atoms with E-state index in [-0.39, 0.29) is 11.8 Å². The number of piperazine rings is 1. The molecule has 1 aliphatic rings. The maximum Gasteiger partial charge on any atom is 0.222 e. The van der Waals surface area contributed by atoms with Gasteiger partial charge in [-0.3, -0.25) is 9.79 Å². The van der Waals surface area contributed by atoms with Crippen LogP contribution in [0.25, 0.3) is 0 Å². The highest BCUT2D eigenvalue weighted by atomic mass is 32.1. The fourth-order valence-corrected chi connectivity index (χ4v) is 3.34. The number of hydrogen-bond acceptors (Lipinski definition) is 4. The number of guanidine groups is 1. The van der Waals surface area contributed by atoms with Crippen molar-refractivity contribution >= 4 is 28.2 Å². The normalized spacial score (nSPS) is 15.8. The Balaban J connectivity index is 1.82. The van der Waals surface area contributed by atoms with Gasteiger partial charge in [-0.25, -0.2) is 0 Å². The standard InChI is InChI=1S/C17H29N5OS/c1-4-18-17(20-8-7-19-16(23)14(2)3)22-11-9-21(10-12-22)15-6-5-13-24-15/h5-6,13-14H,4,7-12H2,1-3H3,(H,18,20)(H,19,23). The summed E-state index contributed by atoms with van der Waals surface area (Å²) in [6.45, 7) is 11.9. The van der Waals surface area contributed by atoms with E-state index >= 15 is 0 Å². The van der Waals surface area contributed by atoms with Crippen molar-refractivity contribution < 1.29 is 4.79 Å². The van der Waals surface area contributed by atoms with Crippen molar-refractivity contribution in [3.63, 3.8) is 0 Å². The van der Waals surface area contributed by atoms with Crippen LogP contribution in [0.5, 0.6) is 0 Å². The molecule has 134 valence electrons. The van der Waals surface area contributed by atoms with Gasteiger partial charge in [0.25, 0.3) is 0 Å². The molecule has 0 radical (unpaired) electrons. The summed E-state index contributed by atoms with van der Waals surface area (Å²) in [5.41, 5.74) is 0. The number of carbonyl (C=O) groups excluding carboxylic acids is 1. The minimum atomic E-state index is 0.0209. The molecule has 1 fully saturated rings. The molecular weight excluding hydrogens is 322 g/mol. The van der Waals surface area contributed by atoms with Gasteiger partial charge in [-0.2, -0.15) is 0 Å². The fraction of sp³-hybridized carbons (Fsp3) is 0.647. The Morgan fingerprint density at radius 1 is 1.29 bits per heavy atom. The first-order valence-electron chi connectivity index (χ1n) is 8.71. The van der Waals surface area contributed by atoms with Gasteiger partial charge in [0.2, 0.25) is 5.91 Å². The molecule has 2 N–H and O–H groups in total. The maximum absolute atomic E-state index is 11.6. The number of anilines is 1. The number of aliphatic imine (C=N–C) groups is 1. The third-order valence-corrected chi connectivity index (χ3v) is 4.86. The summed E-state index contributed by atoms with van der Waals surface area (Å²) in [5.74, 6) is 1.05. The first kappa shape index (κ1) is 18.6. The summed E-state index contributed by atoms with van der Waals surface area (Å²) >= 11 is 1.79. The Morgan fingerprint density at radius 2 is 2.04 bits per heavy atom. The molecular formula is C17H29N5OS. The molecule has 1 amide bonds. The van der Waals surface area contributed by atoms with Gasteiger partial charge in [0.1, 0.15) is 0 Å². The average Bonchev–Trinajstić information content (AvgIpc) is 3.12. The number of nitrogens with one attached hydrogen (secondary N) is 2. The lowest BCUT2D eigenvalue weighted by molar-refractivity contribution is -0.123. The summed E-state index contributed by atoms with van der Waals surface area (Å²) in [6, 6.07) is 4.28. The zero-order chi connectivity index (χ0) is 17.4. The summed E-state index contributed by atoms with van der Waals surface area (Å²) in [4.78, 5) is 21.0. The average molecular weight is 352 g/mol. The minimum Gasteiger partial charge on any atom is -0.360 e. The largest absolute Gasteiger partial charge is 0.360 e. The molecule has 6 nitrogen and oxygen atoms in total. The first-order chi connectivity index (χ1) is 11.6. The van der Waals surface area contributed by atoms with Crippen molar-refractivity contribution in [2.75, 3.05) is 50.7 Å². The number of amides is 1. The van der Waals surface area contributed by atoms with Crippen LogP contribution >= 0.6 is 11.3 Å². The topological polar surface area (TPSA) is 60.0 Å². The van der Waals surface area contributed by atoms with E-state index in [0.717, 1.165) is 38.7 Å². The van der Waals surface area contributed by atoms with Gasteiger partial charge < -0.3 is 20.4 Å². The molecule has 0 aromatic carbocycles. The van der Waals surface area contributed by atoms with E-state index in [1.54, 1.807) is 11.3 Å². The Morgan fingerprint density at radius 3 is 2.62 bits per heavy atom. The third-order valence-electron chi connectivity index (χ3n) is 3.93. The zero-order valence-corrected chi connectivity index (χ0v) is 15.7. The highest BCUT2D eigenvalue weighted by Gasteiger charge is 2.20. The monoisotopic (exact) mass is 351 g/mol. The van der Waals surface area contributed by atoms with Crippen LogP contribution in [-0.2, 0) is 4.79 Å². The molecule has 0 bridgehead atoms. The number of thiophene rings is 1. The van der Waals surface area contributed by atoms with Crippen LogP contribution in [-0.4, -0.2) is 62.6 Å². The van der Waals surface area contributed by atoms with Crippen LogP contribution in [0, 0.1) is 5.92 Å². The van der Waals surface area contributed by atoms with E-state index < -0.39 is 0 Å². The van der Waals surface area contributed by atoms with E-state index in [1.807, 2.05) is 13.8 Å². The van der Waals surface area contributed by atoms with Gasteiger partial charge in [0, 0.05) is 45.2 Å². The van der Waals surface area contributed by atoms with Crippen LogP contribution in [0.15, 0.2) is 22.5 Å². The lowest BCUT2D eigenvalue weighted by Gasteiger charge is -2.37. The summed E-state index contributed by atoms with van der Waals surface area (Å²) in [6.07, 6.45) is 0. The van der Waals surface area contributed by atoms with Crippen molar-refractivity contribution in [2.24, 2.45) is 10.9 Å². The van der Waals surface area contributed by atoms with Gasteiger partial charge in [0.05, 0.1) is 11.5 Å². The van der Waals surface area contributed by atoms with Crippen LogP contribution in [0.4, 0.5) is 5.00 Å². The lowest BCUT2D eigenvalue weighted by Crippen LogP contribution is -2.52. The molecule has 1 saturated heterocycles. The molecule has 1 aliphatic heterocycles. The lowest BCUT2D eigenvalue weighted by atomic mass is 10.2.